The van der Waals surface area contributed by atoms with Gasteiger partial charge in [-0.2, -0.15) is 0 Å². The van der Waals surface area contributed by atoms with E-state index >= 15 is 0 Å². The fraction of sp³-hybridized carbons (Fsp3) is 0.810. The molecule has 0 aromatic heterocycles. The van der Waals surface area contributed by atoms with Gasteiger partial charge in [0.2, 0.25) is 8.32 Å². The van der Waals surface area contributed by atoms with E-state index < -0.39 is 25.2 Å². The van der Waals surface area contributed by atoms with Gasteiger partial charge in [0.25, 0.3) is 0 Å². The zero-order valence-electron chi connectivity index (χ0n) is 31.9. The maximum atomic E-state index is 8.10. The molecule has 5 heteroatoms. The Morgan fingerprint density at radius 3 is 1.45 bits per heavy atom. The normalized spacial score (nSPS) is 40.0. The monoisotopic (exact) mass is 688 g/mol. The van der Waals surface area contributed by atoms with Gasteiger partial charge in [-0.15, -0.1) is 6.42 Å². The van der Waals surface area contributed by atoms with Crippen molar-refractivity contribution >= 4 is 30.4 Å². The highest BCUT2D eigenvalue weighted by atomic mass is 28.5. The van der Waals surface area contributed by atoms with Crippen LogP contribution in [0.1, 0.15) is 105 Å². The molecule has 0 saturated heterocycles. The van der Waals surface area contributed by atoms with Gasteiger partial charge in [-0.1, -0.05) is 72.4 Å². The van der Waals surface area contributed by atoms with Gasteiger partial charge in [0.1, 0.15) is 0 Å². The summed E-state index contributed by atoms with van der Waals surface area (Å²) in [7, 11) is -6.95. The number of terminal acetylenes is 1. The molecule has 0 radical (unpaired) electrons. The van der Waals surface area contributed by atoms with Crippen molar-refractivity contribution < 1.29 is 8.23 Å². The molecular weight excluding hydrogens is 621 g/mol. The van der Waals surface area contributed by atoms with Crippen LogP contribution in [0.25, 0.3) is 0 Å². The number of benzene rings is 1. The Balaban J connectivity index is 1.20. The predicted molar refractivity (Wildman–Crippen MR) is 206 cm³/mol. The van der Waals surface area contributed by atoms with Crippen LogP contribution < -0.4 is 5.19 Å². The summed E-state index contributed by atoms with van der Waals surface area (Å²) in [6.45, 7) is 25.6. The highest BCUT2D eigenvalue weighted by molar-refractivity contribution is 6.94. The lowest BCUT2D eigenvalue weighted by atomic mass is 9.46. The average Bonchev–Trinajstić information content (AvgIpc) is 3.00. The van der Waals surface area contributed by atoms with Crippen LogP contribution in [0.15, 0.2) is 24.3 Å². The van der Waals surface area contributed by atoms with Crippen LogP contribution in [0.4, 0.5) is 0 Å². The van der Waals surface area contributed by atoms with Crippen molar-refractivity contribution in [1.29, 1.82) is 0 Å². The van der Waals surface area contributed by atoms with E-state index in [-0.39, 0.29) is 0 Å². The van der Waals surface area contributed by atoms with E-state index in [1.165, 1.54) is 81.1 Å². The van der Waals surface area contributed by atoms with E-state index in [9.17, 15) is 0 Å². The Bertz CT molecular complexity index is 1370. The molecule has 9 fully saturated rings. The third-order valence-corrected chi connectivity index (χ3v) is 29.7. The third-order valence-electron chi connectivity index (χ3n) is 16.6. The van der Waals surface area contributed by atoms with E-state index in [1.54, 1.807) is 0 Å². The molecule has 5 unspecified atom stereocenters. The summed E-state index contributed by atoms with van der Waals surface area (Å²) < 4.78 is 16.0. The van der Waals surface area contributed by atoms with Crippen LogP contribution >= 0.6 is 0 Å². The van der Waals surface area contributed by atoms with Crippen LogP contribution in [-0.4, -0.2) is 25.2 Å². The lowest BCUT2D eigenvalue weighted by molar-refractivity contribution is -0.101. The van der Waals surface area contributed by atoms with Crippen molar-refractivity contribution in [3.63, 3.8) is 0 Å². The summed E-state index contributed by atoms with van der Waals surface area (Å²) in [5.41, 5.74) is 2.48. The van der Waals surface area contributed by atoms with Gasteiger partial charge in [0, 0.05) is 5.56 Å². The van der Waals surface area contributed by atoms with Crippen molar-refractivity contribution in [2.24, 2.45) is 69.5 Å². The van der Waals surface area contributed by atoms with Crippen LogP contribution in [0.3, 0.4) is 0 Å². The molecule has 9 saturated carbocycles. The summed E-state index contributed by atoms with van der Waals surface area (Å²) in [5, 5.41) is 1.44. The smallest absolute Gasteiger partial charge is 0.314 e. The minimum absolute atomic E-state index is 0.486. The zero-order valence-corrected chi connectivity index (χ0v) is 34.9. The number of rotatable bonds is 11. The maximum Gasteiger partial charge on any atom is 0.314 e. The second-order valence-corrected chi connectivity index (χ2v) is 32.4. The molecule has 0 heterocycles. The molecular formula is C42H68O2Si3. The van der Waals surface area contributed by atoms with Gasteiger partial charge in [-0.25, -0.2) is 0 Å². The van der Waals surface area contributed by atoms with Crippen LogP contribution in [0.2, 0.25) is 44.3 Å². The fourth-order valence-corrected chi connectivity index (χ4v) is 30.2. The summed E-state index contributed by atoms with van der Waals surface area (Å²) in [6.07, 6.45) is 18.6. The van der Waals surface area contributed by atoms with E-state index in [2.05, 4.69) is 97.9 Å². The topological polar surface area (TPSA) is 18.5 Å². The van der Waals surface area contributed by atoms with Crippen LogP contribution in [-0.2, 0) is 8.23 Å². The van der Waals surface area contributed by atoms with Gasteiger partial charge < -0.3 is 8.23 Å². The minimum Gasteiger partial charge on any atom is -0.436 e. The predicted octanol–water partition coefficient (Wildman–Crippen LogP) is 11.0. The Labute approximate surface area is 292 Å². The van der Waals surface area contributed by atoms with Gasteiger partial charge in [-0.05, 0) is 176 Å². The fourth-order valence-electron chi connectivity index (χ4n) is 13.6. The van der Waals surface area contributed by atoms with Crippen molar-refractivity contribution in [3.05, 3.63) is 29.8 Å². The van der Waals surface area contributed by atoms with E-state index in [0.717, 1.165) is 58.8 Å². The Hall–Kier alpha value is -0.649. The van der Waals surface area contributed by atoms with E-state index in [1.807, 2.05) is 0 Å². The van der Waals surface area contributed by atoms with Crippen molar-refractivity contribution in [3.8, 4) is 12.3 Å². The van der Waals surface area contributed by atoms with Crippen molar-refractivity contribution in [2.75, 3.05) is 0 Å². The summed E-state index contributed by atoms with van der Waals surface area (Å²) in [4.78, 5) is 0. The molecule has 2 nitrogen and oxygen atoms in total. The maximum absolute atomic E-state index is 8.10. The van der Waals surface area contributed by atoms with Crippen molar-refractivity contribution in [1.82, 2.24) is 0 Å². The molecule has 0 amide bonds. The number of fused-ring (bicyclic) bond motifs is 6. The first-order valence-corrected chi connectivity index (χ1v) is 28.1. The number of hydrogen-bond donors (Lipinski definition) is 0. The van der Waals surface area contributed by atoms with E-state index in [4.69, 9.17) is 14.7 Å². The lowest BCUT2D eigenvalue weighted by Gasteiger charge is -2.62. The molecule has 1 aromatic rings. The number of hydrogen-bond acceptors (Lipinski definition) is 2. The Kier molecular flexibility index (Phi) is 8.65. The minimum atomic E-state index is -2.57. The molecule has 1 aromatic carbocycles. The molecule has 6 bridgehead atoms. The molecule has 0 spiro atoms. The zero-order chi connectivity index (χ0) is 33.8. The molecule has 260 valence electrons. The van der Waals surface area contributed by atoms with E-state index in [0.29, 0.717) is 16.2 Å². The quantitative estimate of drug-likeness (QED) is 0.170. The lowest BCUT2D eigenvalue weighted by Crippen LogP contribution is -2.64. The molecule has 9 aliphatic carbocycles. The summed E-state index contributed by atoms with van der Waals surface area (Å²) >= 11 is 0. The molecule has 9 aliphatic rings. The van der Waals surface area contributed by atoms with Crippen LogP contribution in [0.5, 0.6) is 0 Å². The second kappa shape index (κ2) is 11.7. The first kappa shape index (κ1) is 34.8. The second-order valence-electron chi connectivity index (χ2n) is 20.8. The van der Waals surface area contributed by atoms with Gasteiger partial charge >= 0.3 is 8.56 Å². The highest BCUT2D eigenvalue weighted by Gasteiger charge is 2.60. The molecule has 0 aliphatic heterocycles. The first-order chi connectivity index (χ1) is 21.9. The molecule has 10 rings (SSSR count). The first-order valence-electron chi connectivity index (χ1n) is 19.8. The summed E-state index contributed by atoms with van der Waals surface area (Å²) in [5.74, 6) is 10.6. The average molecular weight is 689 g/mol. The Morgan fingerprint density at radius 2 is 1.04 bits per heavy atom. The third kappa shape index (κ3) is 5.98. The van der Waals surface area contributed by atoms with Crippen molar-refractivity contribution in [2.45, 2.75) is 144 Å². The van der Waals surface area contributed by atoms with Crippen LogP contribution in [0, 0.1) is 81.8 Å². The molecule has 47 heavy (non-hydrogen) atoms. The Morgan fingerprint density at radius 1 is 0.617 bits per heavy atom. The molecule has 11 atom stereocenters. The standard InChI is InChI=1S/C42H68O2Si3/c1-12-29-13-21-36(22-14-29)46(10,27-31-16-19-34-24-38(31)41(34,4)5)44-47(11,28-32-17-20-35-25-39(32)42(35,6)7)43-45(8,9)26-30-15-18-33-23-37(30)40(33,2)3/h1,13-14,21-22,30-35,37-39H,15-20,23-28H2,2-11H3/t30?,31?,32?,33-,34-,35-,37-,38-,39-,46?,47?/m1/s1. The van der Waals surface area contributed by atoms with Gasteiger partial charge in [0.05, 0.1) is 0 Å². The SMILES string of the molecule is C#Cc1ccc([Si](C)(CC2CC[C@@H]3C[C@H]2C3(C)C)O[Si](C)(CC2CC[C@@H]3C[C@H]2C3(C)C)O[Si](C)(C)CC2CC[C@@H]3C[C@H]2C3(C)C)cc1. The largest absolute Gasteiger partial charge is 0.436 e. The highest BCUT2D eigenvalue weighted by Crippen LogP contribution is 2.65. The summed E-state index contributed by atoms with van der Waals surface area (Å²) in [6, 6.07) is 12.8. The van der Waals surface area contributed by atoms with Gasteiger partial charge in [0.15, 0.2) is 8.32 Å². The molecule has 0 N–H and O–H groups in total. The van der Waals surface area contributed by atoms with Gasteiger partial charge in [-0.3, -0.25) is 0 Å².